The highest BCUT2D eigenvalue weighted by Crippen LogP contribution is 2.34. The SMILES string of the molecule is C.CC.CC.CCC1CCC(C)C(C)C1. The number of hydrogen-bond acceptors (Lipinski definition) is 0. The average Bonchev–Trinajstić information content (AvgIpc) is 2.28. The van der Waals surface area contributed by atoms with Crippen LogP contribution in [0.1, 0.15) is 81.6 Å². The van der Waals surface area contributed by atoms with Crippen LogP contribution >= 0.6 is 0 Å². The van der Waals surface area contributed by atoms with E-state index in [-0.39, 0.29) is 7.43 Å². The zero-order chi connectivity index (χ0) is 11.6. The molecule has 0 heterocycles. The summed E-state index contributed by atoms with van der Waals surface area (Å²) >= 11 is 0. The summed E-state index contributed by atoms with van der Waals surface area (Å²) in [5.41, 5.74) is 0. The summed E-state index contributed by atoms with van der Waals surface area (Å²) in [7, 11) is 0. The lowest BCUT2D eigenvalue weighted by Crippen LogP contribution is -2.19. The predicted octanol–water partition coefficient (Wildman–Crippen LogP) is 6.16. The van der Waals surface area contributed by atoms with Crippen molar-refractivity contribution in [3.05, 3.63) is 0 Å². The van der Waals surface area contributed by atoms with Crippen LogP contribution in [0, 0.1) is 17.8 Å². The molecule has 3 atom stereocenters. The van der Waals surface area contributed by atoms with Gasteiger partial charge in [0.15, 0.2) is 0 Å². The Morgan fingerprint density at radius 2 is 1.33 bits per heavy atom. The van der Waals surface area contributed by atoms with E-state index in [1.807, 2.05) is 27.7 Å². The Hall–Kier alpha value is 0. The molecule has 96 valence electrons. The lowest BCUT2D eigenvalue weighted by Gasteiger charge is -2.31. The van der Waals surface area contributed by atoms with E-state index in [1.54, 1.807) is 0 Å². The van der Waals surface area contributed by atoms with E-state index in [1.165, 1.54) is 25.7 Å². The van der Waals surface area contributed by atoms with Crippen molar-refractivity contribution in [2.24, 2.45) is 17.8 Å². The summed E-state index contributed by atoms with van der Waals surface area (Å²) in [6.45, 7) is 15.1. The molecule has 0 N–H and O–H groups in total. The van der Waals surface area contributed by atoms with Crippen molar-refractivity contribution in [2.75, 3.05) is 0 Å². The van der Waals surface area contributed by atoms with Crippen LogP contribution in [0.2, 0.25) is 0 Å². The minimum Gasteiger partial charge on any atom is -0.0776 e. The Kier molecular flexibility index (Phi) is 19.1. The molecule has 0 saturated heterocycles. The summed E-state index contributed by atoms with van der Waals surface area (Å²) in [6, 6.07) is 0. The fraction of sp³-hybridized carbons (Fsp3) is 1.00. The Labute approximate surface area is 99.9 Å². The monoisotopic (exact) mass is 216 g/mol. The Morgan fingerprint density at radius 1 is 0.867 bits per heavy atom. The second-order valence-electron chi connectivity index (χ2n) is 4.04. The van der Waals surface area contributed by atoms with Crippen LogP contribution < -0.4 is 0 Å². The Balaban J connectivity index is -0.000000258. The standard InChI is InChI=1S/C10H20.2C2H6.CH4/c1-4-10-6-5-8(2)9(3)7-10;2*1-2;/h8-10H,4-7H2,1-3H3;2*1-2H3;1H4. The van der Waals surface area contributed by atoms with Gasteiger partial charge in [-0.1, -0.05) is 75.2 Å². The summed E-state index contributed by atoms with van der Waals surface area (Å²) in [6.07, 6.45) is 5.84. The van der Waals surface area contributed by atoms with Crippen molar-refractivity contribution in [3.63, 3.8) is 0 Å². The summed E-state index contributed by atoms with van der Waals surface area (Å²) in [5, 5.41) is 0. The number of rotatable bonds is 1. The van der Waals surface area contributed by atoms with Crippen molar-refractivity contribution < 1.29 is 0 Å². The summed E-state index contributed by atoms with van der Waals surface area (Å²) in [4.78, 5) is 0. The molecule has 1 aliphatic rings. The molecule has 0 nitrogen and oxygen atoms in total. The summed E-state index contributed by atoms with van der Waals surface area (Å²) in [5.74, 6) is 3.02. The van der Waals surface area contributed by atoms with Gasteiger partial charge in [0.25, 0.3) is 0 Å². The van der Waals surface area contributed by atoms with Gasteiger partial charge in [0.05, 0.1) is 0 Å². The van der Waals surface area contributed by atoms with Gasteiger partial charge >= 0.3 is 0 Å². The quantitative estimate of drug-likeness (QED) is 0.492. The topological polar surface area (TPSA) is 0 Å². The van der Waals surface area contributed by atoms with Gasteiger partial charge in [-0.15, -0.1) is 0 Å². The molecule has 3 unspecified atom stereocenters. The predicted molar refractivity (Wildman–Crippen MR) is 75.4 cm³/mol. The zero-order valence-electron chi connectivity index (χ0n) is 11.6. The van der Waals surface area contributed by atoms with Gasteiger partial charge in [-0.3, -0.25) is 0 Å². The molecule has 0 bridgehead atoms. The molecule has 0 aromatic rings. The van der Waals surface area contributed by atoms with Gasteiger partial charge in [0.1, 0.15) is 0 Å². The minimum atomic E-state index is 0. The largest absolute Gasteiger partial charge is 0.0776 e. The first-order valence-electron chi connectivity index (χ1n) is 6.74. The van der Waals surface area contributed by atoms with Crippen LogP contribution in [-0.2, 0) is 0 Å². The van der Waals surface area contributed by atoms with E-state index >= 15 is 0 Å². The Bertz CT molecular complexity index is 96.2. The van der Waals surface area contributed by atoms with E-state index in [4.69, 9.17) is 0 Å². The third-order valence-corrected chi connectivity index (χ3v) is 3.28. The second kappa shape index (κ2) is 14.0. The highest BCUT2D eigenvalue weighted by atomic mass is 14.3. The van der Waals surface area contributed by atoms with Crippen molar-refractivity contribution in [1.82, 2.24) is 0 Å². The van der Waals surface area contributed by atoms with Gasteiger partial charge in [-0.05, 0) is 24.2 Å². The third kappa shape index (κ3) is 8.96. The first-order chi connectivity index (χ1) is 6.74. The molecular formula is C15H36. The maximum atomic E-state index is 2.41. The second-order valence-corrected chi connectivity index (χ2v) is 4.04. The molecule has 1 fully saturated rings. The van der Waals surface area contributed by atoms with Crippen LogP contribution in [0.3, 0.4) is 0 Å². The van der Waals surface area contributed by atoms with Crippen LogP contribution in [0.15, 0.2) is 0 Å². The molecule has 0 aliphatic heterocycles. The van der Waals surface area contributed by atoms with Gasteiger partial charge in [0, 0.05) is 0 Å². The third-order valence-electron chi connectivity index (χ3n) is 3.28. The van der Waals surface area contributed by atoms with Gasteiger partial charge < -0.3 is 0 Å². The molecule has 0 heteroatoms. The van der Waals surface area contributed by atoms with Crippen LogP contribution in [0.4, 0.5) is 0 Å². The van der Waals surface area contributed by atoms with E-state index in [2.05, 4.69) is 20.8 Å². The fourth-order valence-electron chi connectivity index (χ4n) is 2.03. The summed E-state index contributed by atoms with van der Waals surface area (Å²) < 4.78 is 0. The van der Waals surface area contributed by atoms with Gasteiger partial charge in [-0.2, -0.15) is 0 Å². The highest BCUT2D eigenvalue weighted by molar-refractivity contribution is 4.74. The van der Waals surface area contributed by atoms with Crippen molar-refractivity contribution in [3.8, 4) is 0 Å². The fourth-order valence-corrected chi connectivity index (χ4v) is 2.03. The molecular weight excluding hydrogens is 180 g/mol. The highest BCUT2D eigenvalue weighted by Gasteiger charge is 2.22. The first-order valence-corrected chi connectivity index (χ1v) is 6.74. The maximum Gasteiger partial charge on any atom is -0.0414 e. The Morgan fingerprint density at radius 3 is 1.67 bits per heavy atom. The van der Waals surface area contributed by atoms with E-state index in [0.717, 1.165) is 17.8 Å². The lowest BCUT2D eigenvalue weighted by atomic mass is 9.75. The maximum absolute atomic E-state index is 2.41. The van der Waals surface area contributed by atoms with Crippen molar-refractivity contribution >= 4 is 0 Å². The molecule has 1 rings (SSSR count). The van der Waals surface area contributed by atoms with Gasteiger partial charge in [-0.25, -0.2) is 0 Å². The average molecular weight is 216 g/mol. The van der Waals surface area contributed by atoms with E-state index < -0.39 is 0 Å². The molecule has 1 aliphatic carbocycles. The molecule has 0 amide bonds. The van der Waals surface area contributed by atoms with Crippen LogP contribution in [0.5, 0.6) is 0 Å². The van der Waals surface area contributed by atoms with Crippen LogP contribution in [-0.4, -0.2) is 0 Å². The molecule has 15 heavy (non-hydrogen) atoms. The van der Waals surface area contributed by atoms with Crippen molar-refractivity contribution in [2.45, 2.75) is 81.6 Å². The van der Waals surface area contributed by atoms with Gasteiger partial charge in [0.2, 0.25) is 0 Å². The lowest BCUT2D eigenvalue weighted by molar-refractivity contribution is 0.204. The van der Waals surface area contributed by atoms with E-state index in [0.29, 0.717) is 0 Å². The van der Waals surface area contributed by atoms with Crippen molar-refractivity contribution in [1.29, 1.82) is 0 Å². The molecule has 0 aromatic carbocycles. The van der Waals surface area contributed by atoms with Crippen LogP contribution in [0.25, 0.3) is 0 Å². The molecule has 0 spiro atoms. The zero-order valence-corrected chi connectivity index (χ0v) is 11.6. The molecule has 0 aromatic heterocycles. The molecule has 1 saturated carbocycles. The normalized spacial score (nSPS) is 28.6. The minimum absolute atomic E-state index is 0. The van der Waals surface area contributed by atoms with E-state index in [9.17, 15) is 0 Å². The smallest absolute Gasteiger partial charge is 0.0414 e. The number of hydrogen-bond donors (Lipinski definition) is 0. The first kappa shape index (κ1) is 20.4. The molecule has 0 radical (unpaired) electrons.